The SMILES string of the molecule is O=c1n(-c2ccccc2)c(=O)n2c3cc(Cl)ccc3c3ccccc3n12. The Morgan fingerprint density at radius 1 is 0.654 bits per heavy atom. The number of hydrogen-bond donors (Lipinski definition) is 0. The van der Waals surface area contributed by atoms with Gasteiger partial charge in [-0.25, -0.2) is 14.2 Å². The molecule has 5 rings (SSSR count). The van der Waals surface area contributed by atoms with Gasteiger partial charge in [0, 0.05) is 15.8 Å². The van der Waals surface area contributed by atoms with Gasteiger partial charge >= 0.3 is 11.4 Å². The molecule has 3 aromatic carbocycles. The fourth-order valence-corrected chi connectivity index (χ4v) is 3.62. The highest BCUT2D eigenvalue weighted by atomic mass is 35.5. The smallest absolute Gasteiger partial charge is 0.245 e. The molecule has 126 valence electrons. The molecule has 0 N–H and O–H groups in total. The van der Waals surface area contributed by atoms with Crippen LogP contribution in [0.2, 0.25) is 5.02 Å². The monoisotopic (exact) mass is 361 g/mol. The van der Waals surface area contributed by atoms with Crippen LogP contribution in [0.1, 0.15) is 0 Å². The first kappa shape index (κ1) is 15.0. The lowest BCUT2D eigenvalue weighted by Crippen LogP contribution is -2.25. The summed E-state index contributed by atoms with van der Waals surface area (Å²) in [6.07, 6.45) is 0. The Morgan fingerprint density at radius 3 is 2.04 bits per heavy atom. The van der Waals surface area contributed by atoms with Gasteiger partial charge in [0.25, 0.3) is 0 Å². The van der Waals surface area contributed by atoms with Crippen molar-refractivity contribution in [1.82, 2.24) is 13.6 Å². The Morgan fingerprint density at radius 2 is 1.27 bits per heavy atom. The number of para-hydroxylation sites is 2. The lowest BCUT2D eigenvalue weighted by molar-refractivity contribution is 0.838. The summed E-state index contributed by atoms with van der Waals surface area (Å²) in [5, 5.41) is 2.24. The van der Waals surface area contributed by atoms with Gasteiger partial charge in [-0.05, 0) is 30.3 Å². The van der Waals surface area contributed by atoms with Crippen molar-refractivity contribution in [2.75, 3.05) is 0 Å². The fraction of sp³-hybridized carbons (Fsp3) is 0. The molecule has 0 aliphatic rings. The van der Waals surface area contributed by atoms with Crippen molar-refractivity contribution < 1.29 is 0 Å². The fourth-order valence-electron chi connectivity index (χ4n) is 3.46. The van der Waals surface area contributed by atoms with E-state index in [0.29, 0.717) is 21.7 Å². The van der Waals surface area contributed by atoms with Gasteiger partial charge in [-0.1, -0.05) is 54.1 Å². The predicted molar refractivity (Wildman–Crippen MR) is 103 cm³/mol. The van der Waals surface area contributed by atoms with E-state index < -0.39 is 11.4 Å². The molecule has 0 amide bonds. The van der Waals surface area contributed by atoms with E-state index in [1.165, 1.54) is 13.6 Å². The molecule has 5 nitrogen and oxygen atoms in total. The van der Waals surface area contributed by atoms with Crippen LogP contribution in [0.3, 0.4) is 0 Å². The highest BCUT2D eigenvalue weighted by Crippen LogP contribution is 2.26. The van der Waals surface area contributed by atoms with Crippen LogP contribution in [-0.2, 0) is 0 Å². The van der Waals surface area contributed by atoms with Crippen LogP contribution in [0.5, 0.6) is 0 Å². The van der Waals surface area contributed by atoms with Gasteiger partial charge in [0.15, 0.2) is 0 Å². The predicted octanol–water partition coefficient (Wildman–Crippen LogP) is 3.51. The van der Waals surface area contributed by atoms with Crippen molar-refractivity contribution in [1.29, 1.82) is 0 Å². The third-order valence-corrected chi connectivity index (χ3v) is 4.80. The molecule has 0 unspecified atom stereocenters. The molecule has 0 bridgehead atoms. The number of halogens is 1. The van der Waals surface area contributed by atoms with E-state index in [0.717, 1.165) is 10.8 Å². The Balaban J connectivity index is 2.14. The van der Waals surface area contributed by atoms with E-state index in [1.54, 1.807) is 36.4 Å². The Kier molecular flexibility index (Phi) is 3.08. The zero-order chi connectivity index (χ0) is 17.8. The number of hydrogen-bond acceptors (Lipinski definition) is 2. The second-order valence-corrected chi connectivity index (χ2v) is 6.47. The van der Waals surface area contributed by atoms with E-state index in [9.17, 15) is 9.59 Å². The second kappa shape index (κ2) is 5.34. The third-order valence-electron chi connectivity index (χ3n) is 4.57. The van der Waals surface area contributed by atoms with E-state index in [1.807, 2.05) is 36.4 Å². The van der Waals surface area contributed by atoms with Crippen molar-refractivity contribution in [2.24, 2.45) is 0 Å². The minimum Gasteiger partial charge on any atom is -0.245 e. The van der Waals surface area contributed by atoms with Crippen LogP contribution in [0.4, 0.5) is 0 Å². The number of fused-ring (bicyclic) bond motifs is 6. The summed E-state index contributed by atoms with van der Waals surface area (Å²) in [6, 6.07) is 21.8. The number of rotatable bonds is 1. The quantitative estimate of drug-likeness (QED) is 0.429. The first-order chi connectivity index (χ1) is 12.7. The Hall–Kier alpha value is -3.31. The topological polar surface area (TPSA) is 47.9 Å². The van der Waals surface area contributed by atoms with Crippen molar-refractivity contribution >= 4 is 33.4 Å². The van der Waals surface area contributed by atoms with Crippen LogP contribution in [0.25, 0.3) is 27.5 Å². The highest BCUT2D eigenvalue weighted by Gasteiger charge is 2.18. The highest BCUT2D eigenvalue weighted by molar-refractivity contribution is 6.31. The summed E-state index contributed by atoms with van der Waals surface area (Å²) in [7, 11) is 0. The molecule has 0 radical (unpaired) electrons. The van der Waals surface area contributed by atoms with E-state index in [-0.39, 0.29) is 0 Å². The maximum absolute atomic E-state index is 13.2. The van der Waals surface area contributed by atoms with Crippen LogP contribution < -0.4 is 11.4 Å². The van der Waals surface area contributed by atoms with Crippen LogP contribution >= 0.6 is 11.6 Å². The summed E-state index contributed by atoms with van der Waals surface area (Å²) in [6.45, 7) is 0. The first-order valence-electron chi connectivity index (χ1n) is 8.09. The van der Waals surface area contributed by atoms with Crippen LogP contribution in [0, 0.1) is 0 Å². The molecule has 0 atom stereocenters. The standard InChI is InChI=1S/C20H12ClN3O2/c21-13-10-11-16-15-8-4-5-9-17(15)23-19(25)22(14-6-2-1-3-7-14)20(26)24(23)18(16)12-13/h1-12H. The summed E-state index contributed by atoms with van der Waals surface area (Å²) >= 11 is 6.18. The van der Waals surface area contributed by atoms with Crippen molar-refractivity contribution in [3.8, 4) is 5.69 Å². The zero-order valence-electron chi connectivity index (χ0n) is 13.5. The normalized spacial score (nSPS) is 11.6. The lowest BCUT2D eigenvalue weighted by Gasteiger charge is -2.08. The second-order valence-electron chi connectivity index (χ2n) is 6.04. The van der Waals surface area contributed by atoms with Gasteiger partial charge < -0.3 is 0 Å². The summed E-state index contributed by atoms with van der Waals surface area (Å²) in [5.41, 5.74) is 0.934. The molecule has 2 heterocycles. The van der Waals surface area contributed by atoms with Gasteiger partial charge in [-0.2, -0.15) is 9.03 Å². The molecule has 6 heteroatoms. The van der Waals surface area contributed by atoms with E-state index in [4.69, 9.17) is 11.6 Å². The molecule has 0 aliphatic carbocycles. The van der Waals surface area contributed by atoms with Gasteiger partial charge in [0.1, 0.15) is 0 Å². The molecule has 5 aromatic rings. The Labute approximate surface area is 151 Å². The molecule has 0 saturated carbocycles. The molecule has 0 spiro atoms. The maximum atomic E-state index is 13.2. The van der Waals surface area contributed by atoms with E-state index >= 15 is 0 Å². The molecular formula is C20H12ClN3O2. The molecular weight excluding hydrogens is 350 g/mol. The molecule has 0 saturated heterocycles. The first-order valence-corrected chi connectivity index (χ1v) is 8.47. The molecule has 0 aliphatic heterocycles. The lowest BCUT2D eigenvalue weighted by atomic mass is 10.1. The van der Waals surface area contributed by atoms with Crippen LogP contribution in [0.15, 0.2) is 82.4 Å². The summed E-state index contributed by atoms with van der Waals surface area (Å²) in [4.78, 5) is 26.3. The average molecular weight is 362 g/mol. The van der Waals surface area contributed by atoms with Crippen molar-refractivity contribution in [2.45, 2.75) is 0 Å². The van der Waals surface area contributed by atoms with Gasteiger partial charge in [-0.15, -0.1) is 0 Å². The van der Waals surface area contributed by atoms with Crippen LogP contribution in [-0.4, -0.2) is 13.6 Å². The Bertz CT molecular complexity index is 1430. The molecule has 0 fully saturated rings. The average Bonchev–Trinajstić information content (AvgIpc) is 2.93. The van der Waals surface area contributed by atoms with Gasteiger partial charge in [0.05, 0.1) is 16.7 Å². The summed E-state index contributed by atoms with van der Waals surface area (Å²) < 4.78 is 3.97. The minimum atomic E-state index is -0.431. The molecule has 2 aromatic heterocycles. The number of nitrogens with zero attached hydrogens (tertiary/aromatic N) is 3. The van der Waals surface area contributed by atoms with Gasteiger partial charge in [-0.3, -0.25) is 0 Å². The number of aromatic nitrogens is 3. The van der Waals surface area contributed by atoms with Gasteiger partial charge in [0.2, 0.25) is 0 Å². The minimum absolute atomic E-state index is 0.417. The largest absolute Gasteiger partial charge is 0.356 e. The zero-order valence-corrected chi connectivity index (χ0v) is 14.2. The number of benzene rings is 3. The molecule has 26 heavy (non-hydrogen) atoms. The van der Waals surface area contributed by atoms with E-state index in [2.05, 4.69) is 0 Å². The maximum Gasteiger partial charge on any atom is 0.356 e. The summed E-state index contributed by atoms with van der Waals surface area (Å²) in [5.74, 6) is 0. The van der Waals surface area contributed by atoms with Crippen molar-refractivity contribution in [3.63, 3.8) is 0 Å². The third kappa shape index (κ3) is 1.92. The van der Waals surface area contributed by atoms with Crippen molar-refractivity contribution in [3.05, 3.63) is 98.8 Å².